The first-order valence-corrected chi connectivity index (χ1v) is 9.64. The molecule has 142 valence electrons. The van der Waals surface area contributed by atoms with Crippen LogP contribution in [0.1, 0.15) is 73.1 Å². The third-order valence-electron chi connectivity index (χ3n) is 5.12. The van der Waals surface area contributed by atoms with E-state index in [0.717, 1.165) is 32.1 Å². The highest BCUT2D eigenvalue weighted by Gasteiger charge is 2.40. The van der Waals surface area contributed by atoms with E-state index in [0.29, 0.717) is 24.8 Å². The third kappa shape index (κ3) is 5.55. The van der Waals surface area contributed by atoms with Crippen molar-refractivity contribution in [1.82, 2.24) is 4.90 Å². The summed E-state index contributed by atoms with van der Waals surface area (Å²) in [5.41, 5.74) is -0.451. The number of imide groups is 1. The second-order valence-corrected chi connectivity index (χ2v) is 9.12. The summed E-state index contributed by atoms with van der Waals surface area (Å²) in [5.74, 6) is 0.421. The van der Waals surface area contributed by atoms with Crippen molar-refractivity contribution in [1.29, 1.82) is 0 Å². The number of ether oxygens (including phenoxy) is 1. The van der Waals surface area contributed by atoms with Gasteiger partial charge in [-0.3, -0.25) is 19.3 Å². The molecule has 0 aromatic carbocycles. The van der Waals surface area contributed by atoms with Crippen LogP contribution < -0.4 is 0 Å². The van der Waals surface area contributed by atoms with Crippen molar-refractivity contribution in [2.24, 2.45) is 23.7 Å². The van der Waals surface area contributed by atoms with E-state index in [1.165, 1.54) is 4.90 Å². The Labute approximate surface area is 151 Å². The molecule has 2 fully saturated rings. The molecule has 1 aliphatic heterocycles. The molecular formula is C20H33NO4. The van der Waals surface area contributed by atoms with E-state index in [4.69, 9.17) is 4.74 Å². The number of rotatable bonds is 5. The summed E-state index contributed by atoms with van der Waals surface area (Å²) >= 11 is 0. The van der Waals surface area contributed by atoms with E-state index in [2.05, 4.69) is 13.8 Å². The number of nitrogens with zero attached hydrogens (tertiary/aromatic N) is 1. The van der Waals surface area contributed by atoms with Gasteiger partial charge in [0.25, 0.3) is 0 Å². The van der Waals surface area contributed by atoms with Crippen LogP contribution in [0.25, 0.3) is 0 Å². The average Bonchev–Trinajstić information content (AvgIpc) is 2.73. The molecule has 1 heterocycles. The maximum absolute atomic E-state index is 12.5. The fourth-order valence-electron chi connectivity index (χ4n) is 3.92. The van der Waals surface area contributed by atoms with Crippen molar-refractivity contribution < 1.29 is 19.1 Å². The molecule has 1 atom stereocenters. The van der Waals surface area contributed by atoms with Crippen molar-refractivity contribution in [3.63, 3.8) is 0 Å². The Morgan fingerprint density at radius 1 is 1.16 bits per heavy atom. The van der Waals surface area contributed by atoms with E-state index >= 15 is 0 Å². The Balaban J connectivity index is 1.83. The van der Waals surface area contributed by atoms with Crippen LogP contribution in [-0.2, 0) is 19.1 Å². The predicted octanol–water partition coefficient (Wildman–Crippen LogP) is 3.56. The Hall–Kier alpha value is -1.39. The minimum absolute atomic E-state index is 0.00738. The molecule has 0 radical (unpaired) electrons. The van der Waals surface area contributed by atoms with Crippen molar-refractivity contribution in [2.45, 2.75) is 78.7 Å². The van der Waals surface area contributed by atoms with Crippen LogP contribution in [0.15, 0.2) is 0 Å². The summed E-state index contributed by atoms with van der Waals surface area (Å²) < 4.78 is 5.47. The van der Waals surface area contributed by atoms with Gasteiger partial charge in [0.2, 0.25) is 11.8 Å². The summed E-state index contributed by atoms with van der Waals surface area (Å²) in [6.45, 7) is 10.3. The van der Waals surface area contributed by atoms with E-state index in [1.54, 1.807) is 0 Å². The summed E-state index contributed by atoms with van der Waals surface area (Å²) in [4.78, 5) is 38.3. The van der Waals surface area contributed by atoms with Crippen LogP contribution in [0.3, 0.4) is 0 Å². The molecule has 1 aliphatic carbocycles. The van der Waals surface area contributed by atoms with Gasteiger partial charge in [-0.2, -0.15) is 0 Å². The lowest BCUT2D eigenvalue weighted by Gasteiger charge is -2.31. The molecule has 1 unspecified atom stereocenters. The highest BCUT2D eigenvalue weighted by molar-refractivity contribution is 6.03. The van der Waals surface area contributed by atoms with Crippen molar-refractivity contribution >= 4 is 17.8 Å². The van der Waals surface area contributed by atoms with Gasteiger partial charge in [-0.25, -0.2) is 0 Å². The number of carbonyl (C=O) groups is 3. The normalized spacial score (nSPS) is 27.9. The highest BCUT2D eigenvalue weighted by atomic mass is 16.6. The van der Waals surface area contributed by atoms with Gasteiger partial charge in [-0.15, -0.1) is 0 Å². The standard InChI is InChI=1S/C20H33NO4/c1-13(2)10-16-11-17(22)21(18(16)23)12-14-6-8-15(9-7-14)19(24)25-20(3,4)5/h13-16H,6-12H2,1-5H3. The van der Waals surface area contributed by atoms with Crippen molar-refractivity contribution in [3.05, 3.63) is 0 Å². The number of hydrogen-bond donors (Lipinski definition) is 0. The molecule has 2 rings (SSSR count). The molecule has 0 spiro atoms. The fraction of sp³-hybridized carbons (Fsp3) is 0.850. The zero-order chi connectivity index (χ0) is 18.8. The zero-order valence-electron chi connectivity index (χ0n) is 16.3. The minimum Gasteiger partial charge on any atom is -0.460 e. The minimum atomic E-state index is -0.451. The smallest absolute Gasteiger partial charge is 0.309 e. The molecular weight excluding hydrogens is 318 g/mol. The third-order valence-corrected chi connectivity index (χ3v) is 5.12. The average molecular weight is 351 g/mol. The first-order valence-electron chi connectivity index (χ1n) is 9.64. The van der Waals surface area contributed by atoms with Crippen LogP contribution in [0.5, 0.6) is 0 Å². The summed E-state index contributed by atoms with van der Waals surface area (Å²) in [6, 6.07) is 0. The molecule has 0 aromatic heterocycles. The molecule has 0 N–H and O–H groups in total. The molecule has 0 bridgehead atoms. The van der Waals surface area contributed by atoms with Crippen LogP contribution in [0, 0.1) is 23.7 Å². The van der Waals surface area contributed by atoms with E-state index in [1.807, 2.05) is 20.8 Å². The molecule has 25 heavy (non-hydrogen) atoms. The Kier molecular flexibility index (Phi) is 6.28. The lowest BCUT2D eigenvalue weighted by Crippen LogP contribution is -2.38. The number of hydrogen-bond acceptors (Lipinski definition) is 4. The molecule has 2 amide bonds. The maximum atomic E-state index is 12.5. The van der Waals surface area contributed by atoms with Crippen LogP contribution in [-0.4, -0.2) is 34.8 Å². The molecule has 0 aromatic rings. The molecule has 5 heteroatoms. The van der Waals surface area contributed by atoms with Gasteiger partial charge in [0.1, 0.15) is 5.60 Å². The molecule has 2 aliphatic rings. The Bertz CT molecular complexity index is 512. The van der Waals surface area contributed by atoms with Gasteiger partial charge in [0.15, 0.2) is 0 Å². The SMILES string of the molecule is CC(C)CC1CC(=O)N(CC2CCC(C(=O)OC(C)(C)C)CC2)C1=O. The van der Waals surface area contributed by atoms with Crippen molar-refractivity contribution in [3.8, 4) is 0 Å². The summed E-state index contributed by atoms with van der Waals surface area (Å²) in [7, 11) is 0. The second-order valence-electron chi connectivity index (χ2n) is 9.12. The highest BCUT2D eigenvalue weighted by Crippen LogP contribution is 2.33. The van der Waals surface area contributed by atoms with Gasteiger partial charge in [-0.05, 0) is 64.7 Å². The number of carbonyl (C=O) groups excluding carboxylic acids is 3. The Morgan fingerprint density at radius 3 is 2.28 bits per heavy atom. The van der Waals surface area contributed by atoms with E-state index in [9.17, 15) is 14.4 Å². The van der Waals surface area contributed by atoms with Gasteiger partial charge < -0.3 is 4.74 Å². The number of esters is 1. The van der Waals surface area contributed by atoms with Crippen LogP contribution in [0.2, 0.25) is 0 Å². The van der Waals surface area contributed by atoms with Gasteiger partial charge in [0, 0.05) is 18.9 Å². The fourth-order valence-corrected chi connectivity index (χ4v) is 3.92. The second kappa shape index (κ2) is 7.88. The van der Waals surface area contributed by atoms with Gasteiger partial charge in [0.05, 0.1) is 5.92 Å². The Morgan fingerprint density at radius 2 is 1.76 bits per heavy atom. The predicted molar refractivity (Wildman–Crippen MR) is 95.6 cm³/mol. The first kappa shape index (κ1) is 19.9. The number of likely N-dealkylation sites (tertiary alicyclic amines) is 1. The largest absolute Gasteiger partial charge is 0.460 e. The molecule has 1 saturated heterocycles. The van der Waals surface area contributed by atoms with Gasteiger partial charge in [-0.1, -0.05) is 13.8 Å². The number of amides is 2. The van der Waals surface area contributed by atoms with E-state index < -0.39 is 5.60 Å². The quantitative estimate of drug-likeness (QED) is 0.561. The van der Waals surface area contributed by atoms with Crippen LogP contribution in [0.4, 0.5) is 0 Å². The zero-order valence-corrected chi connectivity index (χ0v) is 16.3. The molecule has 5 nitrogen and oxygen atoms in total. The lowest BCUT2D eigenvalue weighted by molar-refractivity contribution is -0.161. The first-order chi connectivity index (χ1) is 11.6. The van der Waals surface area contributed by atoms with E-state index in [-0.39, 0.29) is 29.6 Å². The van der Waals surface area contributed by atoms with Crippen LogP contribution >= 0.6 is 0 Å². The summed E-state index contributed by atoms with van der Waals surface area (Å²) in [5, 5.41) is 0. The van der Waals surface area contributed by atoms with Crippen molar-refractivity contribution in [2.75, 3.05) is 6.54 Å². The summed E-state index contributed by atoms with van der Waals surface area (Å²) in [6.07, 6.45) is 4.46. The molecule has 1 saturated carbocycles. The lowest BCUT2D eigenvalue weighted by atomic mass is 9.81. The monoisotopic (exact) mass is 351 g/mol. The maximum Gasteiger partial charge on any atom is 0.309 e. The van der Waals surface area contributed by atoms with Gasteiger partial charge >= 0.3 is 5.97 Å². The topological polar surface area (TPSA) is 63.7 Å².